The average molecular weight is 369 g/mol. The normalized spacial score (nSPS) is 11.9. The molecule has 0 aliphatic rings. The van der Waals surface area contributed by atoms with E-state index >= 15 is 0 Å². The van der Waals surface area contributed by atoms with Gasteiger partial charge in [0.05, 0.1) is 11.3 Å². The van der Waals surface area contributed by atoms with Gasteiger partial charge in [-0.25, -0.2) is 9.50 Å². The highest BCUT2D eigenvalue weighted by Crippen LogP contribution is 2.33. The maximum atomic E-state index is 13.0. The third-order valence-electron chi connectivity index (χ3n) is 4.35. The summed E-state index contributed by atoms with van der Waals surface area (Å²) in [5.41, 5.74) is 2.23. The largest absolute Gasteiger partial charge is 0.416 e. The fourth-order valence-electron chi connectivity index (χ4n) is 2.93. The van der Waals surface area contributed by atoms with E-state index in [1.807, 2.05) is 31.2 Å². The highest BCUT2D eigenvalue weighted by atomic mass is 19.4. The Balaban J connectivity index is 1.90. The van der Waals surface area contributed by atoms with Gasteiger partial charge in [-0.05, 0) is 24.6 Å². The molecule has 0 fully saturated rings. The molecule has 4 aromatic rings. The molecule has 0 bridgehead atoms. The molecule has 0 amide bonds. The van der Waals surface area contributed by atoms with Crippen LogP contribution in [0.3, 0.4) is 0 Å². The molecule has 0 saturated carbocycles. The molecular formula is C20H14F3N3O. The monoisotopic (exact) mass is 369 g/mol. The van der Waals surface area contributed by atoms with E-state index in [4.69, 9.17) is 0 Å². The topological polar surface area (TPSA) is 50.2 Å². The van der Waals surface area contributed by atoms with Crippen LogP contribution in [0.1, 0.15) is 11.1 Å². The molecule has 1 N–H and O–H groups in total. The Labute approximate surface area is 151 Å². The van der Waals surface area contributed by atoms with Gasteiger partial charge in [0.15, 0.2) is 5.65 Å². The first-order valence-corrected chi connectivity index (χ1v) is 8.19. The van der Waals surface area contributed by atoms with Gasteiger partial charge in [0, 0.05) is 23.4 Å². The zero-order valence-electron chi connectivity index (χ0n) is 14.2. The first kappa shape index (κ1) is 17.1. The lowest BCUT2D eigenvalue weighted by Crippen LogP contribution is -2.14. The van der Waals surface area contributed by atoms with E-state index in [9.17, 15) is 18.0 Å². The van der Waals surface area contributed by atoms with Crippen LogP contribution in [0.25, 0.3) is 28.0 Å². The number of aryl methyl sites for hydroxylation is 1. The lowest BCUT2D eigenvalue weighted by molar-refractivity contribution is -0.137. The molecule has 0 aliphatic carbocycles. The molecule has 0 unspecified atom stereocenters. The summed E-state index contributed by atoms with van der Waals surface area (Å²) in [4.78, 5) is 16.9. The number of alkyl halides is 3. The van der Waals surface area contributed by atoms with Crippen molar-refractivity contribution in [3.05, 3.63) is 82.3 Å². The SMILES string of the molecule is Cc1ccc(-c2cc(=O)n3[nH]cc(-c4cccc(C(F)(F)F)c4)c3n2)cc1. The molecule has 0 aliphatic heterocycles. The van der Waals surface area contributed by atoms with Gasteiger partial charge < -0.3 is 0 Å². The van der Waals surface area contributed by atoms with Crippen molar-refractivity contribution in [1.82, 2.24) is 14.6 Å². The number of hydrogen-bond donors (Lipinski definition) is 1. The third-order valence-corrected chi connectivity index (χ3v) is 4.35. The first-order valence-electron chi connectivity index (χ1n) is 8.19. The predicted molar refractivity (Wildman–Crippen MR) is 96.4 cm³/mol. The number of aromatic amines is 1. The number of nitrogens with zero attached hydrogens (tertiary/aromatic N) is 2. The van der Waals surface area contributed by atoms with Gasteiger partial charge in [-0.2, -0.15) is 13.2 Å². The van der Waals surface area contributed by atoms with Crippen LogP contribution >= 0.6 is 0 Å². The van der Waals surface area contributed by atoms with Gasteiger partial charge in [0.25, 0.3) is 5.56 Å². The molecule has 2 aromatic heterocycles. The van der Waals surface area contributed by atoms with Crippen LogP contribution in [0.15, 0.2) is 65.6 Å². The predicted octanol–water partition coefficient (Wildman–Crippen LogP) is 4.68. The van der Waals surface area contributed by atoms with Crippen molar-refractivity contribution in [2.45, 2.75) is 13.1 Å². The lowest BCUT2D eigenvalue weighted by Gasteiger charge is -2.08. The molecule has 0 atom stereocenters. The number of fused-ring (bicyclic) bond motifs is 1. The molecule has 2 heterocycles. The second-order valence-electron chi connectivity index (χ2n) is 6.27. The Morgan fingerprint density at radius 2 is 1.74 bits per heavy atom. The van der Waals surface area contributed by atoms with Gasteiger partial charge in [0.1, 0.15) is 0 Å². The number of hydrogen-bond acceptors (Lipinski definition) is 2. The minimum absolute atomic E-state index is 0.275. The summed E-state index contributed by atoms with van der Waals surface area (Å²) in [6.07, 6.45) is -2.96. The summed E-state index contributed by atoms with van der Waals surface area (Å²) in [6.45, 7) is 1.95. The lowest BCUT2D eigenvalue weighted by atomic mass is 10.1. The molecule has 4 nitrogen and oxygen atoms in total. The molecular weight excluding hydrogens is 355 g/mol. The Kier molecular flexibility index (Phi) is 3.87. The highest BCUT2D eigenvalue weighted by molar-refractivity contribution is 5.78. The molecule has 7 heteroatoms. The quantitative estimate of drug-likeness (QED) is 0.558. The molecule has 2 aromatic carbocycles. The Morgan fingerprint density at radius 3 is 2.44 bits per heavy atom. The van der Waals surface area contributed by atoms with E-state index in [1.54, 1.807) is 6.07 Å². The van der Waals surface area contributed by atoms with E-state index in [0.29, 0.717) is 16.8 Å². The second kappa shape index (κ2) is 6.12. The van der Waals surface area contributed by atoms with E-state index < -0.39 is 11.7 Å². The van der Waals surface area contributed by atoms with E-state index in [2.05, 4.69) is 10.1 Å². The highest BCUT2D eigenvalue weighted by Gasteiger charge is 2.30. The molecule has 27 heavy (non-hydrogen) atoms. The van der Waals surface area contributed by atoms with Crippen LogP contribution in [-0.4, -0.2) is 14.6 Å². The van der Waals surface area contributed by atoms with Gasteiger partial charge in [-0.15, -0.1) is 0 Å². The van der Waals surface area contributed by atoms with E-state index in [-0.39, 0.29) is 11.2 Å². The summed E-state index contributed by atoms with van der Waals surface area (Å²) in [5.74, 6) is 0. The second-order valence-corrected chi connectivity index (χ2v) is 6.27. The third kappa shape index (κ3) is 3.12. The summed E-state index contributed by atoms with van der Waals surface area (Å²) in [5, 5.41) is 2.76. The minimum Gasteiger partial charge on any atom is -0.296 e. The molecule has 0 radical (unpaired) electrons. The van der Waals surface area contributed by atoms with Crippen molar-refractivity contribution in [1.29, 1.82) is 0 Å². The van der Waals surface area contributed by atoms with Crippen LogP contribution in [-0.2, 0) is 6.18 Å². The molecule has 0 saturated heterocycles. The summed E-state index contributed by atoms with van der Waals surface area (Å²) < 4.78 is 40.3. The van der Waals surface area contributed by atoms with Gasteiger partial charge in [-0.3, -0.25) is 9.89 Å². The van der Waals surface area contributed by atoms with Crippen molar-refractivity contribution in [3.63, 3.8) is 0 Å². The summed E-state index contributed by atoms with van der Waals surface area (Å²) >= 11 is 0. The standard InChI is InChI=1S/C20H14F3N3O/c1-12-5-7-13(8-6-12)17-10-18(27)26-19(25-17)16(11-24-26)14-3-2-4-15(9-14)20(21,22)23/h2-11,24H,1H3. The number of rotatable bonds is 2. The van der Waals surface area contributed by atoms with Crippen molar-refractivity contribution >= 4 is 5.65 Å². The Morgan fingerprint density at radius 1 is 1.00 bits per heavy atom. The number of benzene rings is 2. The number of halogens is 3. The van der Waals surface area contributed by atoms with Crippen LogP contribution < -0.4 is 5.56 Å². The number of nitrogens with one attached hydrogen (secondary N) is 1. The zero-order chi connectivity index (χ0) is 19.2. The van der Waals surface area contributed by atoms with Crippen molar-refractivity contribution in [2.24, 2.45) is 0 Å². The van der Waals surface area contributed by atoms with Crippen LogP contribution in [0.2, 0.25) is 0 Å². The van der Waals surface area contributed by atoms with Crippen molar-refractivity contribution in [3.8, 4) is 22.4 Å². The molecule has 0 spiro atoms. The van der Waals surface area contributed by atoms with E-state index in [0.717, 1.165) is 23.3 Å². The maximum absolute atomic E-state index is 13.0. The fourth-order valence-corrected chi connectivity index (χ4v) is 2.93. The van der Waals surface area contributed by atoms with Gasteiger partial charge in [-0.1, -0.05) is 42.0 Å². The Bertz CT molecular complexity index is 1190. The smallest absolute Gasteiger partial charge is 0.296 e. The average Bonchev–Trinajstić information content (AvgIpc) is 3.06. The summed E-state index contributed by atoms with van der Waals surface area (Å²) in [7, 11) is 0. The van der Waals surface area contributed by atoms with Gasteiger partial charge in [0.2, 0.25) is 0 Å². The van der Waals surface area contributed by atoms with Gasteiger partial charge >= 0.3 is 6.18 Å². The van der Waals surface area contributed by atoms with Crippen LogP contribution in [0, 0.1) is 6.92 Å². The zero-order valence-corrected chi connectivity index (χ0v) is 14.2. The molecule has 136 valence electrons. The van der Waals surface area contributed by atoms with Crippen LogP contribution in [0.4, 0.5) is 13.2 Å². The first-order chi connectivity index (χ1) is 12.8. The number of H-pyrrole nitrogens is 1. The minimum atomic E-state index is -4.44. The summed E-state index contributed by atoms with van der Waals surface area (Å²) in [6, 6.07) is 13.9. The Hall–Kier alpha value is -3.35. The maximum Gasteiger partial charge on any atom is 0.416 e. The van der Waals surface area contributed by atoms with Crippen LogP contribution in [0.5, 0.6) is 0 Å². The number of aromatic nitrogens is 3. The van der Waals surface area contributed by atoms with Crippen molar-refractivity contribution in [2.75, 3.05) is 0 Å². The van der Waals surface area contributed by atoms with Crippen molar-refractivity contribution < 1.29 is 13.2 Å². The van der Waals surface area contributed by atoms with E-state index in [1.165, 1.54) is 22.8 Å². The molecule has 4 rings (SSSR count). The fraction of sp³-hybridized carbons (Fsp3) is 0.100.